The van der Waals surface area contributed by atoms with Crippen molar-refractivity contribution in [2.45, 2.75) is 78.0 Å². The van der Waals surface area contributed by atoms with Gasteiger partial charge in [-0.25, -0.2) is 9.59 Å². The van der Waals surface area contributed by atoms with Gasteiger partial charge in [0.2, 0.25) is 11.8 Å². The summed E-state index contributed by atoms with van der Waals surface area (Å²) in [5, 5.41) is 7.90. The number of anilines is 1. The molecule has 0 bridgehead atoms. The number of methoxy groups -OCH3 is 1. The third-order valence-corrected chi connectivity index (χ3v) is 5.66. The number of carbonyl (C=O) groups excluding carboxylic acids is 4. The molecule has 0 spiro atoms. The van der Waals surface area contributed by atoms with Crippen molar-refractivity contribution in [2.75, 3.05) is 19.0 Å². The molecule has 0 radical (unpaired) electrons. The van der Waals surface area contributed by atoms with Crippen LogP contribution in [-0.2, 0) is 23.9 Å². The summed E-state index contributed by atoms with van der Waals surface area (Å²) in [5.41, 5.74) is -1.39. The number of nitrogens with zero attached hydrogens (tertiary/aromatic N) is 1. The third kappa shape index (κ3) is 8.39. The fourth-order valence-corrected chi connectivity index (χ4v) is 4.03. The Morgan fingerprint density at radius 3 is 2.50 bits per heavy atom. The Kier molecular flexibility index (Phi) is 10.1. The minimum absolute atomic E-state index is 0.0239. The SMILES string of the molecule is COC(=O)[C@H](C[C@@H]1CCCNC1=O)NC(=O)[C@H](CC(C)C)n1cccc(NC(=O)OC(C)(C)C)c1=O. The van der Waals surface area contributed by atoms with Crippen LogP contribution in [0.15, 0.2) is 23.1 Å². The zero-order valence-electron chi connectivity index (χ0n) is 21.9. The van der Waals surface area contributed by atoms with Gasteiger partial charge in [-0.2, -0.15) is 0 Å². The van der Waals surface area contributed by atoms with Crippen LogP contribution in [0, 0.1) is 11.8 Å². The van der Waals surface area contributed by atoms with Crippen molar-refractivity contribution in [1.82, 2.24) is 15.2 Å². The molecule has 11 nitrogen and oxygen atoms in total. The summed E-state index contributed by atoms with van der Waals surface area (Å²) in [6.07, 6.45) is 2.42. The van der Waals surface area contributed by atoms with Gasteiger partial charge in [-0.1, -0.05) is 13.8 Å². The fourth-order valence-electron chi connectivity index (χ4n) is 4.03. The Morgan fingerprint density at radius 1 is 1.22 bits per heavy atom. The summed E-state index contributed by atoms with van der Waals surface area (Å²) in [6.45, 7) is 9.49. The van der Waals surface area contributed by atoms with Gasteiger partial charge in [0.25, 0.3) is 5.56 Å². The third-order valence-electron chi connectivity index (χ3n) is 5.66. The molecular weight excluding hydrogens is 468 g/mol. The van der Waals surface area contributed by atoms with Gasteiger partial charge >= 0.3 is 12.1 Å². The molecule has 0 unspecified atom stereocenters. The first-order chi connectivity index (χ1) is 16.8. The number of esters is 1. The van der Waals surface area contributed by atoms with E-state index in [2.05, 4.69) is 16.0 Å². The lowest BCUT2D eigenvalue weighted by molar-refractivity contribution is -0.146. The largest absolute Gasteiger partial charge is 0.467 e. The molecule has 1 aliphatic heterocycles. The number of nitrogens with one attached hydrogen (secondary N) is 3. The fraction of sp³-hybridized carbons (Fsp3) is 0.640. The molecule has 1 fully saturated rings. The van der Waals surface area contributed by atoms with Crippen molar-refractivity contribution in [3.63, 3.8) is 0 Å². The molecule has 1 saturated heterocycles. The average Bonchev–Trinajstić information content (AvgIpc) is 2.78. The summed E-state index contributed by atoms with van der Waals surface area (Å²) in [7, 11) is 1.21. The van der Waals surface area contributed by atoms with E-state index in [0.717, 1.165) is 6.42 Å². The standard InChI is InChI=1S/C25H38N4O7/c1-15(2)13-19(29-12-8-10-17(22(29)32)28-24(34)36-25(3,4)5)21(31)27-18(23(33)35-6)14-16-9-7-11-26-20(16)30/h8,10,12,15-16,18-19H,7,9,11,13-14H2,1-6H3,(H,26,30)(H,27,31)(H,28,34)/t16-,18-,19-/m0/s1. The van der Waals surface area contributed by atoms with E-state index in [1.807, 2.05) is 13.8 Å². The number of amides is 3. The molecule has 0 aliphatic carbocycles. The lowest BCUT2D eigenvalue weighted by atomic mass is 9.91. The molecule has 1 aromatic heterocycles. The number of hydrogen-bond acceptors (Lipinski definition) is 7. The maximum Gasteiger partial charge on any atom is 0.412 e. The molecule has 0 aromatic carbocycles. The molecule has 3 amide bonds. The lowest BCUT2D eigenvalue weighted by Gasteiger charge is -2.28. The van der Waals surface area contributed by atoms with Crippen molar-refractivity contribution >= 4 is 29.6 Å². The van der Waals surface area contributed by atoms with Crippen LogP contribution < -0.4 is 21.5 Å². The molecule has 1 aromatic rings. The number of ether oxygens (including phenoxy) is 2. The molecule has 3 atom stereocenters. The van der Waals surface area contributed by atoms with Crippen LogP contribution in [0.5, 0.6) is 0 Å². The summed E-state index contributed by atoms with van der Waals surface area (Å²) < 4.78 is 11.3. The monoisotopic (exact) mass is 506 g/mol. The molecule has 0 saturated carbocycles. The number of aromatic nitrogens is 1. The number of piperidine rings is 1. The van der Waals surface area contributed by atoms with Gasteiger partial charge in [-0.3, -0.25) is 19.7 Å². The topological polar surface area (TPSA) is 145 Å². The highest BCUT2D eigenvalue weighted by Crippen LogP contribution is 2.21. The second-order valence-electron chi connectivity index (χ2n) is 10.4. The van der Waals surface area contributed by atoms with E-state index < -0.39 is 47.1 Å². The van der Waals surface area contributed by atoms with Crippen LogP contribution in [-0.4, -0.2) is 53.7 Å². The Hall–Kier alpha value is -3.37. The van der Waals surface area contributed by atoms with E-state index >= 15 is 0 Å². The van der Waals surface area contributed by atoms with E-state index in [1.54, 1.807) is 26.8 Å². The highest BCUT2D eigenvalue weighted by atomic mass is 16.6. The number of rotatable bonds is 9. The Balaban J connectivity index is 2.30. The van der Waals surface area contributed by atoms with Crippen LogP contribution >= 0.6 is 0 Å². The highest BCUT2D eigenvalue weighted by molar-refractivity contribution is 5.88. The quantitative estimate of drug-likeness (QED) is 0.436. The van der Waals surface area contributed by atoms with E-state index in [9.17, 15) is 24.0 Å². The van der Waals surface area contributed by atoms with Crippen LogP contribution in [0.1, 0.15) is 66.3 Å². The molecule has 200 valence electrons. The minimum Gasteiger partial charge on any atom is -0.467 e. The molecule has 2 heterocycles. The Labute approximate surface area is 211 Å². The van der Waals surface area contributed by atoms with Gasteiger partial charge in [-0.05, 0) is 64.5 Å². The van der Waals surface area contributed by atoms with Crippen LogP contribution in [0.3, 0.4) is 0 Å². The van der Waals surface area contributed by atoms with Gasteiger partial charge < -0.3 is 24.7 Å². The first kappa shape index (κ1) is 28.9. The molecule has 2 rings (SSSR count). The first-order valence-corrected chi connectivity index (χ1v) is 12.2. The van der Waals surface area contributed by atoms with Crippen molar-refractivity contribution < 1.29 is 28.7 Å². The molecular formula is C25H38N4O7. The molecule has 1 aliphatic rings. The summed E-state index contributed by atoms with van der Waals surface area (Å²) >= 11 is 0. The number of pyridine rings is 1. The predicted molar refractivity (Wildman–Crippen MR) is 133 cm³/mol. The van der Waals surface area contributed by atoms with E-state index in [1.165, 1.54) is 23.9 Å². The zero-order valence-corrected chi connectivity index (χ0v) is 21.9. The van der Waals surface area contributed by atoms with E-state index in [0.29, 0.717) is 19.4 Å². The van der Waals surface area contributed by atoms with Gasteiger partial charge in [0.15, 0.2) is 0 Å². The van der Waals surface area contributed by atoms with Gasteiger partial charge in [0.1, 0.15) is 23.4 Å². The van der Waals surface area contributed by atoms with Crippen molar-refractivity contribution in [1.29, 1.82) is 0 Å². The van der Waals surface area contributed by atoms with Crippen molar-refractivity contribution in [3.05, 3.63) is 28.7 Å². The van der Waals surface area contributed by atoms with E-state index in [-0.39, 0.29) is 23.9 Å². The van der Waals surface area contributed by atoms with Crippen molar-refractivity contribution in [2.24, 2.45) is 11.8 Å². The lowest BCUT2D eigenvalue weighted by Crippen LogP contribution is -2.49. The number of hydrogen-bond donors (Lipinski definition) is 3. The highest BCUT2D eigenvalue weighted by Gasteiger charge is 2.33. The van der Waals surface area contributed by atoms with Gasteiger partial charge in [0.05, 0.1) is 7.11 Å². The summed E-state index contributed by atoms with van der Waals surface area (Å²) in [4.78, 5) is 63.5. The maximum atomic E-state index is 13.4. The zero-order chi connectivity index (χ0) is 27.0. The minimum atomic E-state index is -1.05. The number of carbonyl (C=O) groups is 4. The molecule has 11 heteroatoms. The van der Waals surface area contributed by atoms with Crippen LogP contribution in [0.4, 0.5) is 10.5 Å². The molecule has 36 heavy (non-hydrogen) atoms. The summed E-state index contributed by atoms with van der Waals surface area (Å²) in [5.74, 6) is -1.81. The molecule has 3 N–H and O–H groups in total. The normalized spacial score (nSPS) is 17.5. The maximum absolute atomic E-state index is 13.4. The average molecular weight is 507 g/mol. The smallest absolute Gasteiger partial charge is 0.412 e. The Bertz CT molecular complexity index is 1010. The Morgan fingerprint density at radius 2 is 1.92 bits per heavy atom. The second-order valence-corrected chi connectivity index (χ2v) is 10.4. The van der Waals surface area contributed by atoms with Gasteiger partial charge in [-0.15, -0.1) is 0 Å². The van der Waals surface area contributed by atoms with E-state index in [4.69, 9.17) is 9.47 Å². The predicted octanol–water partition coefficient (Wildman–Crippen LogP) is 2.36. The van der Waals surface area contributed by atoms with Crippen LogP contribution in [0.25, 0.3) is 0 Å². The first-order valence-electron chi connectivity index (χ1n) is 12.2. The van der Waals surface area contributed by atoms with Crippen LogP contribution in [0.2, 0.25) is 0 Å². The summed E-state index contributed by atoms with van der Waals surface area (Å²) in [6, 6.07) is 0.945. The van der Waals surface area contributed by atoms with Gasteiger partial charge in [0, 0.05) is 18.7 Å². The second kappa shape index (κ2) is 12.5. The van der Waals surface area contributed by atoms with Crippen molar-refractivity contribution in [3.8, 4) is 0 Å².